The van der Waals surface area contributed by atoms with Crippen molar-refractivity contribution in [1.82, 2.24) is 20.1 Å². The van der Waals surface area contributed by atoms with E-state index in [0.29, 0.717) is 24.3 Å². The van der Waals surface area contributed by atoms with E-state index in [-0.39, 0.29) is 23.5 Å². The van der Waals surface area contributed by atoms with E-state index in [1.165, 1.54) is 34.6 Å². The Balaban J connectivity index is 1.35. The van der Waals surface area contributed by atoms with Crippen molar-refractivity contribution in [3.63, 3.8) is 0 Å². The van der Waals surface area contributed by atoms with Gasteiger partial charge in [0.25, 0.3) is 15.9 Å². The number of hydrogen-bond donors (Lipinski definition) is 1. The van der Waals surface area contributed by atoms with E-state index in [2.05, 4.69) is 19.9 Å². The summed E-state index contributed by atoms with van der Waals surface area (Å²) in [4.78, 5) is 20.3. The lowest BCUT2D eigenvalue weighted by Crippen LogP contribution is -2.49. The second kappa shape index (κ2) is 10.6. The van der Waals surface area contributed by atoms with Crippen LogP contribution in [0.1, 0.15) is 15.9 Å². The number of nitrogens with zero attached hydrogens (tertiary/aromatic N) is 5. The van der Waals surface area contributed by atoms with Gasteiger partial charge in [0, 0.05) is 44.1 Å². The zero-order valence-corrected chi connectivity index (χ0v) is 21.8. The molecule has 0 unspecified atom stereocenters. The number of amides is 1. The molecule has 1 amide bonds. The molecule has 1 N–H and O–H groups in total. The molecular formula is C25H21F3N6O3S2. The molecule has 0 atom stereocenters. The summed E-state index contributed by atoms with van der Waals surface area (Å²) in [7, 11) is -4.30. The molecule has 1 saturated heterocycles. The van der Waals surface area contributed by atoms with Crippen LogP contribution in [0.5, 0.6) is 0 Å². The molecule has 0 radical (unpaired) electrons. The van der Waals surface area contributed by atoms with Crippen LogP contribution in [0, 0.1) is 0 Å². The fraction of sp³-hybridized carbons (Fsp3) is 0.200. The number of hydrogen-bond acceptors (Lipinski definition) is 8. The minimum absolute atomic E-state index is 0.189. The summed E-state index contributed by atoms with van der Waals surface area (Å²) in [6.07, 6.45) is -2.31. The van der Waals surface area contributed by atoms with E-state index < -0.39 is 33.4 Å². The van der Waals surface area contributed by atoms with Gasteiger partial charge in [-0.2, -0.15) is 13.2 Å². The number of benzene rings is 2. The zero-order valence-electron chi connectivity index (χ0n) is 20.2. The summed E-state index contributed by atoms with van der Waals surface area (Å²) in [5.74, 6) is -0.588. The monoisotopic (exact) mass is 574 g/mol. The molecule has 0 bridgehead atoms. The van der Waals surface area contributed by atoms with Crippen molar-refractivity contribution in [2.24, 2.45) is 0 Å². The predicted molar refractivity (Wildman–Crippen MR) is 140 cm³/mol. The van der Waals surface area contributed by atoms with Gasteiger partial charge >= 0.3 is 6.18 Å². The van der Waals surface area contributed by atoms with Gasteiger partial charge in [0.05, 0.1) is 16.8 Å². The van der Waals surface area contributed by atoms with E-state index in [9.17, 15) is 26.4 Å². The number of carbonyl (C=O) groups excluding carboxylic acids is 1. The minimum atomic E-state index is -4.73. The van der Waals surface area contributed by atoms with Crippen LogP contribution >= 0.6 is 11.3 Å². The Morgan fingerprint density at radius 3 is 2.36 bits per heavy atom. The molecule has 0 aliphatic carbocycles. The Labute approximate surface area is 226 Å². The van der Waals surface area contributed by atoms with Crippen molar-refractivity contribution < 1.29 is 26.4 Å². The molecule has 39 heavy (non-hydrogen) atoms. The SMILES string of the molecule is O=C(c1ccc(C(F)(F)F)cc1NS(=O)(=O)c1cccnc1)N1CCN(c2nnc(-c3ccccc3)s2)CC1. The molecule has 202 valence electrons. The largest absolute Gasteiger partial charge is 0.416 e. The van der Waals surface area contributed by atoms with Crippen molar-refractivity contribution in [1.29, 1.82) is 0 Å². The Kier molecular flexibility index (Phi) is 7.23. The summed E-state index contributed by atoms with van der Waals surface area (Å²) in [6.45, 7) is 1.36. The maximum Gasteiger partial charge on any atom is 0.416 e. The second-order valence-corrected chi connectivity index (χ2v) is 11.2. The van der Waals surface area contributed by atoms with Gasteiger partial charge < -0.3 is 9.80 Å². The first kappa shape index (κ1) is 26.6. The van der Waals surface area contributed by atoms with Crippen molar-refractivity contribution in [2.75, 3.05) is 35.8 Å². The molecule has 14 heteroatoms. The number of alkyl halides is 3. The molecule has 9 nitrogen and oxygen atoms in total. The Hall–Kier alpha value is -4.04. The first-order chi connectivity index (χ1) is 18.6. The number of sulfonamides is 1. The minimum Gasteiger partial charge on any atom is -0.343 e. The lowest BCUT2D eigenvalue weighted by atomic mass is 10.1. The summed E-state index contributed by atoms with van der Waals surface area (Å²) in [5, 5.41) is 9.97. The molecule has 1 aliphatic rings. The fourth-order valence-electron chi connectivity index (χ4n) is 4.01. The van der Waals surface area contributed by atoms with Crippen LogP contribution in [0.2, 0.25) is 0 Å². The summed E-state index contributed by atoms with van der Waals surface area (Å²) in [6, 6.07) is 14.6. The number of anilines is 2. The van der Waals surface area contributed by atoms with Crippen LogP contribution < -0.4 is 9.62 Å². The highest BCUT2D eigenvalue weighted by Crippen LogP contribution is 2.34. The Morgan fingerprint density at radius 1 is 0.949 bits per heavy atom. The third kappa shape index (κ3) is 5.86. The van der Waals surface area contributed by atoms with Crippen LogP contribution in [-0.4, -0.2) is 60.6 Å². The average molecular weight is 575 g/mol. The molecule has 0 spiro atoms. The van der Waals surface area contributed by atoms with E-state index in [1.807, 2.05) is 35.2 Å². The second-order valence-electron chi connectivity index (χ2n) is 8.59. The molecule has 2 aromatic heterocycles. The summed E-state index contributed by atoms with van der Waals surface area (Å²) in [5.41, 5.74) is -0.791. The zero-order chi connectivity index (χ0) is 27.6. The number of aromatic nitrogens is 3. The van der Waals surface area contributed by atoms with E-state index in [4.69, 9.17) is 0 Å². The Morgan fingerprint density at radius 2 is 1.69 bits per heavy atom. The molecule has 3 heterocycles. The third-order valence-electron chi connectivity index (χ3n) is 6.04. The van der Waals surface area contributed by atoms with E-state index >= 15 is 0 Å². The highest BCUT2D eigenvalue weighted by molar-refractivity contribution is 7.92. The Bertz CT molecular complexity index is 1570. The fourth-order valence-corrected chi connectivity index (χ4v) is 5.95. The number of rotatable bonds is 6. The summed E-state index contributed by atoms with van der Waals surface area (Å²) >= 11 is 1.42. The van der Waals surface area contributed by atoms with Gasteiger partial charge in [-0.3, -0.25) is 14.5 Å². The third-order valence-corrected chi connectivity index (χ3v) is 8.42. The topological polar surface area (TPSA) is 108 Å². The molecule has 5 rings (SSSR count). The van der Waals surface area contributed by atoms with Crippen LogP contribution in [0.4, 0.5) is 24.0 Å². The van der Waals surface area contributed by atoms with Gasteiger partial charge in [0.15, 0.2) is 0 Å². The maximum absolute atomic E-state index is 13.4. The van der Waals surface area contributed by atoms with Crippen LogP contribution in [-0.2, 0) is 16.2 Å². The van der Waals surface area contributed by atoms with Gasteiger partial charge in [0.2, 0.25) is 5.13 Å². The van der Waals surface area contributed by atoms with Crippen molar-refractivity contribution in [3.8, 4) is 10.6 Å². The van der Waals surface area contributed by atoms with Gasteiger partial charge in [0.1, 0.15) is 9.90 Å². The van der Waals surface area contributed by atoms with Crippen LogP contribution in [0.3, 0.4) is 0 Å². The molecule has 1 aliphatic heterocycles. The summed E-state index contributed by atoms with van der Waals surface area (Å²) < 4.78 is 68.1. The molecule has 0 saturated carbocycles. The maximum atomic E-state index is 13.4. The smallest absolute Gasteiger partial charge is 0.343 e. The standard InChI is InChI=1S/C25H21F3N6O3S2/c26-25(27,28)18-8-9-20(21(15-18)32-39(36,37)19-7-4-10-29-16-19)23(35)33-11-13-34(14-12-33)24-31-30-22(38-24)17-5-2-1-3-6-17/h1-10,15-16,32H,11-14H2. The van der Waals surface area contributed by atoms with E-state index in [1.54, 1.807) is 0 Å². The number of pyridine rings is 1. The number of piperazine rings is 1. The number of carbonyl (C=O) groups is 1. The quantitative estimate of drug-likeness (QED) is 0.364. The van der Waals surface area contributed by atoms with Crippen molar-refractivity contribution in [2.45, 2.75) is 11.1 Å². The molecular weight excluding hydrogens is 553 g/mol. The van der Waals surface area contributed by atoms with Gasteiger partial charge in [-0.1, -0.05) is 41.7 Å². The van der Waals surface area contributed by atoms with Crippen molar-refractivity contribution >= 4 is 38.1 Å². The number of halogens is 3. The van der Waals surface area contributed by atoms with Crippen LogP contribution in [0.15, 0.2) is 78.0 Å². The van der Waals surface area contributed by atoms with Gasteiger partial charge in [-0.05, 0) is 30.3 Å². The first-order valence-electron chi connectivity index (χ1n) is 11.7. The number of nitrogens with one attached hydrogen (secondary N) is 1. The molecule has 2 aromatic carbocycles. The first-order valence-corrected chi connectivity index (χ1v) is 14.0. The molecule has 4 aromatic rings. The highest BCUT2D eigenvalue weighted by Gasteiger charge is 2.33. The van der Waals surface area contributed by atoms with Gasteiger partial charge in [-0.25, -0.2) is 8.42 Å². The average Bonchev–Trinajstić information content (AvgIpc) is 3.44. The molecule has 1 fully saturated rings. The normalized spacial score (nSPS) is 14.3. The highest BCUT2D eigenvalue weighted by atomic mass is 32.2. The van der Waals surface area contributed by atoms with E-state index in [0.717, 1.165) is 28.9 Å². The van der Waals surface area contributed by atoms with Gasteiger partial charge in [-0.15, -0.1) is 10.2 Å². The lowest BCUT2D eigenvalue weighted by Gasteiger charge is -2.34. The van der Waals surface area contributed by atoms with Crippen LogP contribution in [0.25, 0.3) is 10.6 Å². The lowest BCUT2D eigenvalue weighted by molar-refractivity contribution is -0.137. The van der Waals surface area contributed by atoms with Crippen molar-refractivity contribution in [3.05, 3.63) is 84.2 Å². The predicted octanol–water partition coefficient (Wildman–Crippen LogP) is 4.38.